The summed E-state index contributed by atoms with van der Waals surface area (Å²) in [7, 11) is -0.302. The van der Waals surface area contributed by atoms with Gasteiger partial charge in [-0.25, -0.2) is 20.7 Å². The van der Waals surface area contributed by atoms with Gasteiger partial charge in [-0.3, -0.25) is 48.3 Å². The molecular weight excluding hydrogens is 1550 g/mol. The van der Waals surface area contributed by atoms with E-state index in [0.717, 1.165) is 76.1 Å². The van der Waals surface area contributed by atoms with Crippen molar-refractivity contribution in [2.24, 2.45) is 16.6 Å². The first kappa shape index (κ1) is 89.7. The lowest BCUT2D eigenvalue weighted by atomic mass is 9.80. The minimum atomic E-state index is -0.718. The van der Waals surface area contributed by atoms with E-state index in [1.807, 2.05) is 217 Å². The number of thioether (sulfide) groups is 3. The van der Waals surface area contributed by atoms with Gasteiger partial charge >= 0.3 is 13.1 Å². The van der Waals surface area contributed by atoms with Crippen molar-refractivity contribution in [1.82, 2.24) is 74.5 Å². The Morgan fingerprint density at radius 1 is 0.570 bits per heavy atom. The predicted molar refractivity (Wildman–Crippen MR) is 436 cm³/mol. The molecule has 6 amide bonds. The largest absolute Gasteiger partial charge is 0.496 e. The molecule has 4 aromatic carbocycles. The molecule has 0 saturated carbocycles. The number of carbonyl (C=O) groups is 5. The Labute approximate surface area is 657 Å². The van der Waals surface area contributed by atoms with Crippen LogP contribution in [0.2, 0.25) is 0 Å². The number of rotatable bonds is 21. The zero-order valence-corrected chi connectivity index (χ0v) is 66.8. The molecule has 1 saturated heterocycles. The van der Waals surface area contributed by atoms with Crippen LogP contribution in [0.25, 0.3) is 11.4 Å². The number of isothiocyanates is 1. The number of anilines is 6. The number of hydrogen-bond acceptors (Lipinski definition) is 25. The highest BCUT2D eigenvalue weighted by molar-refractivity contribution is 9.10. The minimum Gasteiger partial charge on any atom is -0.399 e. The molecule has 31 nitrogen and oxygen atoms in total. The van der Waals surface area contributed by atoms with Gasteiger partial charge in [-0.15, -0.1) is 47.3 Å². The molecule has 0 atom stereocenters. The molecule has 0 spiro atoms. The number of H-pyrrole nitrogens is 1. The fraction of sp³-hybridized carbons (Fsp3) is 0.294. The Kier molecular flexibility index (Phi) is 41.2. The molecule has 6 aromatic heterocycles. The Hall–Kier alpha value is -9.73. The van der Waals surface area contributed by atoms with Gasteiger partial charge in [0.15, 0.2) is 26.1 Å². The van der Waals surface area contributed by atoms with Crippen LogP contribution in [0.5, 0.6) is 0 Å². The number of aliphatic imine (C=N–C) groups is 1. The monoisotopic (exact) mass is 1640 g/mol. The van der Waals surface area contributed by atoms with E-state index < -0.39 is 6.03 Å². The summed E-state index contributed by atoms with van der Waals surface area (Å²) >= 11 is 21.7. The topological polar surface area (TPSA) is 432 Å². The molecule has 107 heavy (non-hydrogen) atoms. The van der Waals surface area contributed by atoms with Crippen LogP contribution < -0.4 is 55.2 Å². The Bertz CT molecular complexity index is 4260. The number of urea groups is 1. The van der Waals surface area contributed by atoms with E-state index in [2.05, 4.69) is 122 Å². The number of primary amides is 1. The fourth-order valence-electron chi connectivity index (χ4n) is 8.19. The van der Waals surface area contributed by atoms with Gasteiger partial charge in [0.05, 0.1) is 33.6 Å². The van der Waals surface area contributed by atoms with Crippen LogP contribution >= 0.6 is 87.3 Å². The molecule has 1 fully saturated rings. The van der Waals surface area contributed by atoms with Crippen molar-refractivity contribution in [2.45, 2.75) is 115 Å². The number of para-hydroxylation sites is 4. The number of nitrogen functional groups attached to an aromatic ring is 2. The van der Waals surface area contributed by atoms with Crippen LogP contribution in [0.4, 0.5) is 39.4 Å². The molecule has 39 heteroatoms. The van der Waals surface area contributed by atoms with Gasteiger partial charge in [0.25, 0.3) is 0 Å². The highest BCUT2D eigenvalue weighted by Crippen LogP contribution is 2.36. The maximum absolute atomic E-state index is 12.1. The minimum absolute atomic E-state index is 0.00507. The quantitative estimate of drug-likeness (QED) is 0.00467. The van der Waals surface area contributed by atoms with Crippen LogP contribution in [-0.4, -0.2) is 152 Å². The number of nitrogens with two attached hydrogens (primary N) is 4. The number of aromatic amines is 1. The second-order valence-electron chi connectivity index (χ2n) is 22.1. The normalized spacial score (nSPS) is 11.6. The van der Waals surface area contributed by atoms with E-state index in [1.54, 1.807) is 39.3 Å². The van der Waals surface area contributed by atoms with Gasteiger partial charge in [0.1, 0.15) is 5.88 Å². The van der Waals surface area contributed by atoms with Crippen LogP contribution in [0.15, 0.2) is 196 Å². The van der Waals surface area contributed by atoms with Crippen LogP contribution in [0.3, 0.4) is 0 Å². The molecule has 10 aromatic rings. The first-order valence-electron chi connectivity index (χ1n) is 32.8. The van der Waals surface area contributed by atoms with E-state index in [-0.39, 0.29) is 59.3 Å². The average molecular weight is 1640 g/mol. The first-order valence-corrected chi connectivity index (χ1v) is 37.9. The number of hydrogen-bond donors (Lipinski definition) is 10. The molecule has 11 rings (SSSR count). The van der Waals surface area contributed by atoms with Crippen LogP contribution in [0, 0.1) is 4.77 Å². The van der Waals surface area contributed by atoms with Gasteiger partial charge < -0.3 is 52.3 Å². The van der Waals surface area contributed by atoms with Crippen molar-refractivity contribution >= 4 is 169 Å². The second-order valence-corrected chi connectivity index (χ2v) is 26.5. The molecular formula is C68H87BBrClN24O7S5. The van der Waals surface area contributed by atoms with Crippen molar-refractivity contribution in [1.29, 1.82) is 0 Å². The zero-order chi connectivity index (χ0) is 78.6. The maximum Gasteiger partial charge on any atom is 0.496 e. The van der Waals surface area contributed by atoms with Crippen molar-refractivity contribution in [3.63, 3.8) is 0 Å². The number of thiocarbonyl (C=S) groups is 1. The lowest BCUT2D eigenvalue weighted by molar-refractivity contribution is -0.114. The highest BCUT2D eigenvalue weighted by Gasteiger charge is 2.51. The summed E-state index contributed by atoms with van der Waals surface area (Å²) in [5, 5.41) is 45.9. The smallest absolute Gasteiger partial charge is 0.399 e. The number of halogens is 2. The number of nitrogens with one attached hydrogen (secondary N) is 6. The molecule has 1 aliphatic heterocycles. The maximum atomic E-state index is 12.1. The summed E-state index contributed by atoms with van der Waals surface area (Å²) in [6.07, 6.45) is 7.00. The number of amides is 6. The molecule has 14 N–H and O–H groups in total. The Morgan fingerprint density at radius 3 is 1.32 bits per heavy atom. The van der Waals surface area contributed by atoms with Gasteiger partial charge in [-0.1, -0.05) is 114 Å². The van der Waals surface area contributed by atoms with E-state index in [9.17, 15) is 24.0 Å². The number of aromatic nitrogens is 14. The van der Waals surface area contributed by atoms with E-state index >= 15 is 0 Å². The van der Waals surface area contributed by atoms with E-state index in [1.165, 1.54) is 35.3 Å². The van der Waals surface area contributed by atoms with Crippen LogP contribution in [0.1, 0.15) is 62.3 Å². The molecule has 7 heterocycles. The predicted octanol–water partition coefficient (Wildman–Crippen LogP) is 10.9. The lowest BCUT2D eigenvalue weighted by Gasteiger charge is -2.32. The van der Waals surface area contributed by atoms with Crippen molar-refractivity contribution < 1.29 is 33.3 Å². The summed E-state index contributed by atoms with van der Waals surface area (Å²) in [5.41, 5.74) is 21.6. The number of carbonyl (C=O) groups excluding carboxylic acids is 5. The number of alkyl halides is 1. The van der Waals surface area contributed by atoms with E-state index in [0.29, 0.717) is 38.9 Å². The third-order valence-corrected chi connectivity index (χ3v) is 18.2. The van der Waals surface area contributed by atoms with Crippen molar-refractivity contribution in [3.05, 3.63) is 180 Å². The third-order valence-electron chi connectivity index (χ3n) is 14.0. The van der Waals surface area contributed by atoms with Crippen molar-refractivity contribution in [3.8, 4) is 11.4 Å². The number of benzene rings is 4. The molecule has 0 bridgehead atoms. The van der Waals surface area contributed by atoms with Gasteiger partial charge in [0, 0.05) is 91.3 Å². The van der Waals surface area contributed by atoms with Crippen molar-refractivity contribution in [2.75, 3.05) is 62.4 Å². The second kappa shape index (κ2) is 49.2. The summed E-state index contributed by atoms with van der Waals surface area (Å²) in [6, 6.07) is 44.3. The number of nitrogens with zero attached hydrogens (tertiary/aromatic N) is 14. The standard InChI is InChI=1S/C17H17N5OS.C12H13BrN4OS.C12H15N5OS.C11H16BNO2.C8H8ClNO.C4H8N4S.C3H5NS.CH5N3O/c1-2-22-16(13-7-6-10-18-11-13)20-21-17(22)24-12-15(23)19-14-8-4-3-5-9-14;2*1-2-17-11(13)15-16-12(17)19-8-10(18)14-9-6-4-3-5-7-9;1-10(2)11(3,4)15-12(14-10)9-6-5-7-13-8-9;9-6-8(11)10-7-4-2-1-3-5-7;1-2-8-3(5)6-7-4(8)9;1-2-4-3-5;2-1(5)4-3/h3-11H,2,12H2,1H3,(H,19,23);3-7H,2,8H2,1H3,(H,14,18);3-7H,2,8H2,1H3,(H2,13,15)(H,14,18);5-8H,1-4H3;1-5H,6H2,(H,10,11);2H2,1H3,(H2,5,6)(H,7,9);2H2,1H3;3H2,(H3,2,4,5). The number of hydrazine groups is 1. The molecule has 0 radical (unpaired) electrons. The SMILES string of the molecule is CC1(C)OB(c2cccnc2)OC1(C)C.CCN=C=S.CCn1c(Br)nnc1SCC(=O)Nc1ccccc1.CCn1c(N)n[nH]c1=S.CCn1c(N)nnc1SCC(=O)Nc1ccccc1.CCn1c(SCC(=O)Nc2ccccc2)nnc1-c1cccnc1.NNC(N)=O.O=C(CCl)Nc1ccccc1. The van der Waals surface area contributed by atoms with E-state index in [4.69, 9.17) is 44.6 Å². The third kappa shape index (κ3) is 32.5. The summed E-state index contributed by atoms with van der Waals surface area (Å²) in [4.78, 5) is 67.4. The summed E-state index contributed by atoms with van der Waals surface area (Å²) in [5.74, 6) is 6.48. The fourth-order valence-corrected chi connectivity index (χ4v) is 11.7. The molecule has 1 aliphatic rings. The van der Waals surface area contributed by atoms with Crippen LogP contribution in [-0.2, 0) is 54.7 Å². The molecule has 568 valence electrons. The average Bonchev–Trinajstić information content (AvgIpc) is 1.63. The first-order chi connectivity index (χ1) is 51.4. The van der Waals surface area contributed by atoms with Gasteiger partial charge in [-0.2, -0.15) is 0 Å². The highest BCUT2D eigenvalue weighted by atomic mass is 79.9. The Morgan fingerprint density at radius 2 is 0.972 bits per heavy atom. The summed E-state index contributed by atoms with van der Waals surface area (Å²) < 4.78 is 20.4. The molecule has 0 unspecified atom stereocenters. The zero-order valence-electron chi connectivity index (χ0n) is 60.3. The van der Waals surface area contributed by atoms with Gasteiger partial charge in [0.2, 0.25) is 40.3 Å². The van der Waals surface area contributed by atoms with Gasteiger partial charge in [-0.05, 0) is 169 Å². The summed E-state index contributed by atoms with van der Waals surface area (Å²) in [6.45, 7) is 21.7. The Balaban J connectivity index is 0.000000270. The lowest BCUT2D eigenvalue weighted by Crippen LogP contribution is -2.41. The molecule has 0 aliphatic carbocycles. The number of pyridine rings is 2.